The molecule has 1 amide bonds. The number of hydrogen-bond acceptors (Lipinski definition) is 5. The second-order valence-corrected chi connectivity index (χ2v) is 8.27. The zero-order valence-electron chi connectivity index (χ0n) is 15.6. The molecule has 2 aromatic carbocycles. The van der Waals surface area contributed by atoms with Gasteiger partial charge >= 0.3 is 5.97 Å². The molecule has 150 valence electrons. The van der Waals surface area contributed by atoms with E-state index < -0.39 is 28.1 Å². The van der Waals surface area contributed by atoms with Crippen molar-refractivity contribution in [2.75, 3.05) is 5.32 Å². The maximum absolute atomic E-state index is 12.5. The van der Waals surface area contributed by atoms with Crippen LogP contribution in [0.4, 0.5) is 5.69 Å². The number of rotatable bonds is 7. The first-order chi connectivity index (χ1) is 13.1. The van der Waals surface area contributed by atoms with Crippen molar-refractivity contribution in [2.24, 2.45) is 0 Å². The topological polar surface area (TPSA) is 102 Å². The minimum atomic E-state index is -3.95. The fourth-order valence-electron chi connectivity index (χ4n) is 2.41. The molecule has 9 heteroatoms. The number of carbonyl (C=O) groups is 2. The van der Waals surface area contributed by atoms with Crippen molar-refractivity contribution in [1.29, 1.82) is 0 Å². The standard InChI is InChI=1S/C19H21ClN2O5S/c1-12(19(24)27-13(2)17-6-4-5-7-18(17)20)22-28(25,26)16-10-8-15(9-11-16)21-14(3)23/h4-13,22H,1-3H3,(H,21,23). The van der Waals surface area contributed by atoms with Crippen LogP contribution in [-0.4, -0.2) is 26.3 Å². The Hall–Kier alpha value is -2.42. The van der Waals surface area contributed by atoms with Gasteiger partial charge in [-0.25, -0.2) is 8.42 Å². The maximum Gasteiger partial charge on any atom is 0.324 e. The van der Waals surface area contributed by atoms with E-state index >= 15 is 0 Å². The average Bonchev–Trinajstić information content (AvgIpc) is 2.61. The van der Waals surface area contributed by atoms with E-state index in [1.807, 2.05) is 0 Å². The lowest BCUT2D eigenvalue weighted by molar-refractivity contribution is -0.150. The van der Waals surface area contributed by atoms with Crippen LogP contribution in [0.2, 0.25) is 5.02 Å². The molecule has 0 aromatic heterocycles. The van der Waals surface area contributed by atoms with Crippen molar-refractivity contribution in [3.63, 3.8) is 0 Å². The summed E-state index contributed by atoms with van der Waals surface area (Å²) in [5.41, 5.74) is 1.09. The number of ether oxygens (including phenoxy) is 1. The summed E-state index contributed by atoms with van der Waals surface area (Å²) in [6.07, 6.45) is -0.634. The number of esters is 1. The molecule has 0 bridgehead atoms. The van der Waals surface area contributed by atoms with E-state index in [0.29, 0.717) is 16.3 Å². The minimum Gasteiger partial charge on any atom is -0.457 e. The quantitative estimate of drug-likeness (QED) is 0.664. The first kappa shape index (κ1) is 21.9. The third-order valence-corrected chi connectivity index (χ3v) is 5.71. The monoisotopic (exact) mass is 424 g/mol. The Bertz CT molecular complexity index is 961. The number of amides is 1. The number of halogens is 1. The van der Waals surface area contributed by atoms with Crippen molar-refractivity contribution in [1.82, 2.24) is 4.72 Å². The van der Waals surface area contributed by atoms with Gasteiger partial charge in [0.05, 0.1) is 4.90 Å². The van der Waals surface area contributed by atoms with Crippen LogP contribution in [0.15, 0.2) is 53.4 Å². The number of nitrogens with one attached hydrogen (secondary N) is 2. The smallest absolute Gasteiger partial charge is 0.324 e. The van der Waals surface area contributed by atoms with Gasteiger partial charge in [0.1, 0.15) is 12.1 Å². The van der Waals surface area contributed by atoms with E-state index in [4.69, 9.17) is 16.3 Å². The van der Waals surface area contributed by atoms with E-state index in [-0.39, 0.29) is 10.8 Å². The zero-order chi connectivity index (χ0) is 20.9. The molecule has 2 atom stereocenters. The Morgan fingerprint density at radius 1 is 1.04 bits per heavy atom. The predicted octanol–water partition coefficient (Wildman–Crippen LogP) is 3.27. The number of benzene rings is 2. The lowest BCUT2D eigenvalue weighted by Crippen LogP contribution is -2.39. The fraction of sp³-hybridized carbons (Fsp3) is 0.263. The lowest BCUT2D eigenvalue weighted by atomic mass is 10.1. The van der Waals surface area contributed by atoms with Crippen LogP contribution in [-0.2, 0) is 24.3 Å². The Morgan fingerprint density at radius 3 is 2.21 bits per heavy atom. The summed E-state index contributed by atoms with van der Waals surface area (Å²) in [7, 11) is -3.95. The third kappa shape index (κ3) is 5.79. The van der Waals surface area contributed by atoms with Crippen LogP contribution in [0, 0.1) is 0 Å². The van der Waals surface area contributed by atoms with Gasteiger partial charge in [0.25, 0.3) is 0 Å². The molecule has 0 fully saturated rings. The van der Waals surface area contributed by atoms with E-state index in [0.717, 1.165) is 0 Å². The normalized spacial score (nSPS) is 13.4. The third-order valence-electron chi connectivity index (χ3n) is 3.81. The van der Waals surface area contributed by atoms with Gasteiger partial charge in [0.2, 0.25) is 15.9 Å². The molecular formula is C19H21ClN2O5S. The Labute approximate surface area is 169 Å². The van der Waals surface area contributed by atoms with Gasteiger partial charge in [0.15, 0.2) is 0 Å². The highest BCUT2D eigenvalue weighted by Crippen LogP contribution is 2.25. The molecule has 2 unspecified atom stereocenters. The van der Waals surface area contributed by atoms with E-state index in [1.165, 1.54) is 38.1 Å². The summed E-state index contributed by atoms with van der Waals surface area (Å²) in [5, 5.41) is 3.00. The SMILES string of the molecule is CC(=O)Nc1ccc(S(=O)(=O)NC(C)C(=O)OC(C)c2ccccc2Cl)cc1. The number of carbonyl (C=O) groups excluding carboxylic acids is 2. The van der Waals surface area contributed by atoms with Crippen LogP contribution in [0.25, 0.3) is 0 Å². The second kappa shape index (κ2) is 9.18. The number of hydrogen-bond donors (Lipinski definition) is 2. The molecule has 0 aliphatic rings. The highest BCUT2D eigenvalue weighted by Gasteiger charge is 2.25. The minimum absolute atomic E-state index is 0.0413. The fourth-order valence-corrected chi connectivity index (χ4v) is 3.90. The summed E-state index contributed by atoms with van der Waals surface area (Å²) in [6, 6.07) is 11.4. The highest BCUT2D eigenvalue weighted by atomic mass is 35.5. The van der Waals surface area contributed by atoms with Crippen molar-refractivity contribution in [3.8, 4) is 0 Å². The molecular weight excluding hydrogens is 404 g/mol. The van der Waals surface area contributed by atoms with Crippen LogP contribution >= 0.6 is 11.6 Å². The van der Waals surface area contributed by atoms with Crippen LogP contribution in [0.3, 0.4) is 0 Å². The summed E-state index contributed by atoms with van der Waals surface area (Å²) in [6.45, 7) is 4.40. The number of sulfonamides is 1. The van der Waals surface area contributed by atoms with E-state index in [2.05, 4.69) is 10.0 Å². The van der Waals surface area contributed by atoms with E-state index in [1.54, 1.807) is 31.2 Å². The molecule has 2 N–H and O–H groups in total. The maximum atomic E-state index is 12.5. The van der Waals surface area contributed by atoms with Crippen molar-refractivity contribution < 1.29 is 22.7 Å². The molecule has 0 aliphatic heterocycles. The van der Waals surface area contributed by atoms with Crippen molar-refractivity contribution >= 4 is 39.2 Å². The van der Waals surface area contributed by atoms with Crippen LogP contribution in [0.1, 0.15) is 32.4 Å². The molecule has 0 saturated heterocycles. The first-order valence-electron chi connectivity index (χ1n) is 8.45. The number of anilines is 1. The van der Waals surface area contributed by atoms with Crippen molar-refractivity contribution in [3.05, 3.63) is 59.1 Å². The highest BCUT2D eigenvalue weighted by molar-refractivity contribution is 7.89. The second-order valence-electron chi connectivity index (χ2n) is 6.15. The van der Waals surface area contributed by atoms with Gasteiger partial charge < -0.3 is 10.1 Å². The van der Waals surface area contributed by atoms with Gasteiger partial charge in [0, 0.05) is 23.2 Å². The largest absolute Gasteiger partial charge is 0.457 e. The van der Waals surface area contributed by atoms with Crippen LogP contribution < -0.4 is 10.0 Å². The molecule has 7 nitrogen and oxygen atoms in total. The summed E-state index contributed by atoms with van der Waals surface area (Å²) >= 11 is 6.08. The zero-order valence-corrected chi connectivity index (χ0v) is 17.2. The molecule has 0 aliphatic carbocycles. The van der Waals surface area contributed by atoms with Crippen LogP contribution in [0.5, 0.6) is 0 Å². The predicted molar refractivity (Wildman–Crippen MR) is 106 cm³/mol. The molecule has 0 spiro atoms. The Balaban J connectivity index is 2.03. The first-order valence-corrected chi connectivity index (χ1v) is 10.3. The molecule has 0 heterocycles. The Kier molecular flexibility index (Phi) is 7.17. The van der Waals surface area contributed by atoms with Gasteiger partial charge in [-0.3, -0.25) is 9.59 Å². The lowest BCUT2D eigenvalue weighted by Gasteiger charge is -2.19. The summed E-state index contributed by atoms with van der Waals surface area (Å²) < 4.78 is 32.5. The molecule has 0 saturated carbocycles. The average molecular weight is 425 g/mol. The van der Waals surface area contributed by atoms with Gasteiger partial charge in [-0.05, 0) is 44.2 Å². The van der Waals surface area contributed by atoms with Crippen molar-refractivity contribution in [2.45, 2.75) is 37.8 Å². The van der Waals surface area contributed by atoms with Gasteiger partial charge in [-0.15, -0.1) is 0 Å². The van der Waals surface area contributed by atoms with Gasteiger partial charge in [-0.2, -0.15) is 4.72 Å². The van der Waals surface area contributed by atoms with E-state index in [9.17, 15) is 18.0 Å². The molecule has 0 radical (unpaired) electrons. The Morgan fingerprint density at radius 2 is 1.64 bits per heavy atom. The molecule has 2 aromatic rings. The summed E-state index contributed by atoms with van der Waals surface area (Å²) in [4.78, 5) is 23.3. The molecule has 2 rings (SSSR count). The van der Waals surface area contributed by atoms with Gasteiger partial charge in [-0.1, -0.05) is 29.8 Å². The molecule has 28 heavy (non-hydrogen) atoms. The summed E-state index contributed by atoms with van der Waals surface area (Å²) in [5.74, 6) is -0.997.